The van der Waals surface area contributed by atoms with Crippen LogP contribution in [0.3, 0.4) is 0 Å². The van der Waals surface area contributed by atoms with Crippen molar-refractivity contribution >= 4 is 11.9 Å². The van der Waals surface area contributed by atoms with Crippen molar-refractivity contribution in [2.24, 2.45) is 0 Å². The minimum Gasteiger partial charge on any atom is -0.466 e. The third kappa shape index (κ3) is 59.1. The van der Waals surface area contributed by atoms with Crippen LogP contribution in [-0.4, -0.2) is 47.4 Å². The summed E-state index contributed by atoms with van der Waals surface area (Å²) in [5.74, 6) is -0.0574. The number of ether oxygens (including phenoxy) is 1. The predicted octanol–water partition coefficient (Wildman–Crippen LogP) is 20.9. The molecule has 0 radical (unpaired) electrons. The highest BCUT2D eigenvalue weighted by Gasteiger charge is 2.18. The van der Waals surface area contributed by atoms with Gasteiger partial charge in [-0.15, -0.1) is 0 Å². The van der Waals surface area contributed by atoms with Gasteiger partial charge < -0.3 is 20.3 Å². The van der Waals surface area contributed by atoms with Gasteiger partial charge in [0, 0.05) is 12.8 Å². The second-order valence-electron chi connectivity index (χ2n) is 22.4. The van der Waals surface area contributed by atoms with Crippen LogP contribution < -0.4 is 5.32 Å². The zero-order chi connectivity index (χ0) is 53.6. The molecule has 0 spiro atoms. The lowest BCUT2D eigenvalue weighted by molar-refractivity contribution is -0.143. The van der Waals surface area contributed by atoms with E-state index in [4.69, 9.17) is 4.74 Å². The van der Waals surface area contributed by atoms with Crippen molar-refractivity contribution in [1.82, 2.24) is 5.32 Å². The molecule has 434 valence electrons. The maximum absolute atomic E-state index is 12.4. The molecule has 0 saturated heterocycles. The smallest absolute Gasteiger partial charge is 0.305 e. The number of aliphatic hydroxyl groups is 2. The van der Waals surface area contributed by atoms with E-state index >= 15 is 0 Å². The fourth-order valence-electron chi connectivity index (χ4n) is 10.0. The van der Waals surface area contributed by atoms with Crippen molar-refractivity contribution in [3.8, 4) is 0 Å². The zero-order valence-electron chi connectivity index (χ0n) is 49.6. The van der Waals surface area contributed by atoms with Gasteiger partial charge in [0.2, 0.25) is 5.91 Å². The van der Waals surface area contributed by atoms with Crippen molar-refractivity contribution in [1.29, 1.82) is 0 Å². The van der Waals surface area contributed by atoms with Crippen LogP contribution in [0.25, 0.3) is 0 Å². The maximum Gasteiger partial charge on any atom is 0.305 e. The summed E-state index contributed by atoms with van der Waals surface area (Å²) in [5, 5.41) is 23.0. The molecule has 2 unspecified atom stereocenters. The summed E-state index contributed by atoms with van der Waals surface area (Å²) in [7, 11) is 0. The van der Waals surface area contributed by atoms with Gasteiger partial charge in [0.15, 0.2) is 0 Å². The molecule has 0 aromatic rings. The third-order valence-corrected chi connectivity index (χ3v) is 15.1. The van der Waals surface area contributed by atoms with Crippen molar-refractivity contribution < 1.29 is 24.5 Å². The molecule has 1 amide bonds. The second-order valence-corrected chi connectivity index (χ2v) is 22.4. The van der Waals surface area contributed by atoms with Gasteiger partial charge in [0.25, 0.3) is 0 Å². The predicted molar refractivity (Wildman–Crippen MR) is 324 cm³/mol. The first-order chi connectivity index (χ1) is 36.5. The Morgan fingerprint density at radius 1 is 0.378 bits per heavy atom. The molecule has 6 nitrogen and oxygen atoms in total. The van der Waals surface area contributed by atoms with E-state index in [-0.39, 0.29) is 18.5 Å². The van der Waals surface area contributed by atoms with Gasteiger partial charge >= 0.3 is 5.97 Å². The Balaban J connectivity index is 3.35. The van der Waals surface area contributed by atoms with Gasteiger partial charge in [-0.25, -0.2) is 0 Å². The molecule has 0 fully saturated rings. The maximum atomic E-state index is 12.4. The van der Waals surface area contributed by atoms with Gasteiger partial charge in [-0.1, -0.05) is 294 Å². The molecule has 0 aliphatic heterocycles. The Labute approximate surface area is 461 Å². The van der Waals surface area contributed by atoms with Crippen molar-refractivity contribution in [2.75, 3.05) is 13.2 Å². The van der Waals surface area contributed by atoms with E-state index in [9.17, 15) is 19.8 Å². The highest BCUT2D eigenvalue weighted by atomic mass is 16.5. The summed E-state index contributed by atoms with van der Waals surface area (Å²) < 4.78 is 5.50. The van der Waals surface area contributed by atoms with Crippen molar-refractivity contribution in [2.45, 2.75) is 360 Å². The fourth-order valence-corrected chi connectivity index (χ4v) is 10.0. The number of hydrogen-bond donors (Lipinski definition) is 3. The van der Waals surface area contributed by atoms with Gasteiger partial charge in [-0.2, -0.15) is 0 Å². The minimum absolute atomic E-state index is 0.0121. The lowest BCUT2D eigenvalue weighted by Crippen LogP contribution is -2.45. The van der Waals surface area contributed by atoms with Crippen LogP contribution in [-0.2, 0) is 14.3 Å². The van der Waals surface area contributed by atoms with Crippen LogP contribution >= 0.6 is 0 Å². The summed E-state index contributed by atoms with van der Waals surface area (Å²) in [5.41, 5.74) is 0. The van der Waals surface area contributed by atoms with E-state index in [2.05, 4.69) is 55.6 Å². The number of rotatable bonds is 61. The van der Waals surface area contributed by atoms with Crippen LogP contribution in [0.2, 0.25) is 0 Å². The first-order valence-corrected chi connectivity index (χ1v) is 32.9. The highest BCUT2D eigenvalue weighted by molar-refractivity contribution is 5.76. The lowest BCUT2D eigenvalue weighted by Gasteiger charge is -2.20. The number of allylic oxidation sites excluding steroid dienone is 7. The first kappa shape index (κ1) is 71.8. The summed E-state index contributed by atoms with van der Waals surface area (Å²) in [6, 6.07) is -0.625. The summed E-state index contributed by atoms with van der Waals surface area (Å²) in [6.45, 7) is 4.86. The van der Waals surface area contributed by atoms with E-state index in [0.717, 1.165) is 51.4 Å². The average molecular weight is 1040 g/mol. The zero-order valence-corrected chi connectivity index (χ0v) is 49.6. The molecule has 0 aliphatic carbocycles. The molecule has 6 heteroatoms. The Morgan fingerprint density at radius 2 is 0.676 bits per heavy atom. The molecule has 74 heavy (non-hydrogen) atoms. The standard InChI is InChI=1S/C68H127NO5/c1-3-5-7-9-11-13-14-15-16-17-29-33-36-39-42-46-50-54-58-62-68(73)74-63-59-55-51-47-43-40-37-34-31-28-26-24-22-20-18-19-21-23-25-27-30-32-35-38-41-45-49-53-57-61-67(72)69-65(64-70)66(71)60-56-52-48-44-12-10-8-6-4-2/h11,13,15-16,18,20,56,60,65-66,70-71H,3-10,12,14,17,19,21-55,57-59,61-64H2,1-2H3,(H,69,72)/b13-11-,16-15-,20-18-,60-56+. The molecular formula is C68H127NO5. The molecule has 0 aliphatic rings. The van der Waals surface area contributed by atoms with Crippen LogP contribution in [0.5, 0.6) is 0 Å². The second kappa shape index (κ2) is 63.4. The van der Waals surface area contributed by atoms with E-state index < -0.39 is 12.1 Å². The van der Waals surface area contributed by atoms with Gasteiger partial charge in [-0.05, 0) is 89.9 Å². The van der Waals surface area contributed by atoms with E-state index in [1.807, 2.05) is 6.08 Å². The fraction of sp³-hybridized carbons (Fsp3) is 0.853. The van der Waals surface area contributed by atoms with Crippen LogP contribution in [0, 0.1) is 0 Å². The van der Waals surface area contributed by atoms with Crippen LogP contribution in [0.15, 0.2) is 48.6 Å². The number of hydrogen-bond acceptors (Lipinski definition) is 5. The van der Waals surface area contributed by atoms with E-state index in [0.29, 0.717) is 19.4 Å². The Bertz CT molecular complexity index is 1240. The SMILES string of the molecule is CCCCC/C=C\C/C=C\CCCCCCCCCCCC(=O)OCCCCCCCCCCCCCC/C=C\CCCCCCCCCCCCCCCC(=O)NC(CO)C(O)/C=C/CCCCCCCCC. The molecular weight excluding hydrogens is 911 g/mol. The minimum atomic E-state index is -0.842. The molecule has 0 aromatic heterocycles. The van der Waals surface area contributed by atoms with Crippen LogP contribution in [0.1, 0.15) is 348 Å². The molecule has 0 saturated carbocycles. The summed E-state index contributed by atoms with van der Waals surface area (Å²) in [4.78, 5) is 24.5. The average Bonchev–Trinajstić information content (AvgIpc) is 3.40. The van der Waals surface area contributed by atoms with Crippen molar-refractivity contribution in [3.63, 3.8) is 0 Å². The van der Waals surface area contributed by atoms with Crippen LogP contribution in [0.4, 0.5) is 0 Å². The van der Waals surface area contributed by atoms with E-state index in [1.54, 1.807) is 6.08 Å². The molecule has 3 N–H and O–H groups in total. The Hall–Kier alpha value is -2.18. The molecule has 0 rings (SSSR count). The number of aliphatic hydroxyl groups excluding tert-OH is 2. The highest BCUT2D eigenvalue weighted by Crippen LogP contribution is 2.17. The third-order valence-electron chi connectivity index (χ3n) is 15.1. The monoisotopic (exact) mass is 1040 g/mol. The lowest BCUT2D eigenvalue weighted by atomic mass is 10.0. The van der Waals surface area contributed by atoms with Gasteiger partial charge in [-0.3, -0.25) is 9.59 Å². The number of nitrogens with one attached hydrogen (secondary N) is 1. The molecule has 0 heterocycles. The molecule has 2 atom stereocenters. The Morgan fingerprint density at radius 3 is 1.07 bits per heavy atom. The number of unbranched alkanes of at least 4 members (excludes halogenated alkanes) is 44. The van der Waals surface area contributed by atoms with E-state index in [1.165, 1.54) is 270 Å². The number of amides is 1. The topological polar surface area (TPSA) is 95.9 Å². The van der Waals surface area contributed by atoms with Gasteiger partial charge in [0.1, 0.15) is 0 Å². The number of carbonyl (C=O) groups is 2. The quantitative estimate of drug-likeness (QED) is 0.0320. The molecule has 0 bridgehead atoms. The summed E-state index contributed by atoms with van der Waals surface area (Å²) >= 11 is 0. The van der Waals surface area contributed by atoms with Crippen molar-refractivity contribution in [3.05, 3.63) is 48.6 Å². The largest absolute Gasteiger partial charge is 0.466 e. The first-order valence-electron chi connectivity index (χ1n) is 32.9. The Kier molecular flexibility index (Phi) is 61.5. The van der Waals surface area contributed by atoms with Gasteiger partial charge in [0.05, 0.1) is 25.4 Å². The normalized spacial score (nSPS) is 12.9. The summed E-state index contributed by atoms with van der Waals surface area (Å²) in [6.07, 6.45) is 81.9. The number of esters is 1. The molecule has 0 aromatic carbocycles. The number of carbonyl (C=O) groups excluding carboxylic acids is 2.